The Kier molecular flexibility index (Phi) is 3.45. The Bertz CT molecular complexity index is 521. The highest BCUT2D eigenvalue weighted by Crippen LogP contribution is 2.58. The molecule has 22 heavy (non-hydrogen) atoms. The zero-order chi connectivity index (χ0) is 16.1. The van der Waals surface area contributed by atoms with Crippen molar-refractivity contribution < 1.29 is 28.6 Å². The smallest absolute Gasteiger partial charge is 0.344 e. The van der Waals surface area contributed by atoms with Crippen molar-refractivity contribution in [1.82, 2.24) is 0 Å². The van der Waals surface area contributed by atoms with Gasteiger partial charge in [-0.1, -0.05) is 6.92 Å². The maximum atomic E-state index is 12.0. The summed E-state index contributed by atoms with van der Waals surface area (Å²) in [6.07, 6.45) is 2.30. The standard InChI is InChI=1S/C16H22O6/c1-4-15(2,3)14(19)20-8-12(17)22-16-5-9-10(6-16)13(18)21-11(9)7-16/h9-11H,4-8H2,1-3H3. The van der Waals surface area contributed by atoms with Gasteiger partial charge in [-0.25, -0.2) is 4.79 Å². The summed E-state index contributed by atoms with van der Waals surface area (Å²) in [4.78, 5) is 35.5. The lowest BCUT2D eigenvalue weighted by atomic mass is 9.88. The predicted octanol–water partition coefficient (Wildman–Crippen LogP) is 1.60. The normalized spacial score (nSPS) is 35.4. The minimum atomic E-state index is -0.607. The van der Waals surface area contributed by atoms with Crippen LogP contribution in [0.15, 0.2) is 0 Å². The van der Waals surface area contributed by atoms with Crippen molar-refractivity contribution >= 4 is 17.9 Å². The Balaban J connectivity index is 1.54. The third kappa shape index (κ3) is 2.38. The number of carbonyl (C=O) groups excluding carboxylic acids is 3. The van der Waals surface area contributed by atoms with E-state index in [1.54, 1.807) is 13.8 Å². The van der Waals surface area contributed by atoms with Gasteiger partial charge in [0, 0.05) is 18.8 Å². The minimum Gasteiger partial charge on any atom is -0.462 e. The van der Waals surface area contributed by atoms with Crippen LogP contribution in [-0.2, 0) is 28.6 Å². The van der Waals surface area contributed by atoms with Gasteiger partial charge < -0.3 is 14.2 Å². The number of hydrogen-bond donors (Lipinski definition) is 0. The van der Waals surface area contributed by atoms with Gasteiger partial charge in [0.05, 0.1) is 11.3 Å². The van der Waals surface area contributed by atoms with Crippen LogP contribution in [0.25, 0.3) is 0 Å². The van der Waals surface area contributed by atoms with Crippen LogP contribution in [-0.4, -0.2) is 36.2 Å². The molecule has 122 valence electrons. The van der Waals surface area contributed by atoms with Gasteiger partial charge in [-0.3, -0.25) is 9.59 Å². The van der Waals surface area contributed by atoms with E-state index >= 15 is 0 Å². The molecule has 3 aliphatic rings. The van der Waals surface area contributed by atoms with Crippen LogP contribution < -0.4 is 0 Å². The molecule has 0 amide bonds. The van der Waals surface area contributed by atoms with Crippen molar-refractivity contribution in [2.45, 2.75) is 58.2 Å². The lowest BCUT2D eigenvalue weighted by Crippen LogP contribution is -2.36. The first-order chi connectivity index (χ1) is 10.3. The molecule has 0 radical (unpaired) electrons. The third-order valence-corrected chi connectivity index (χ3v) is 5.43. The van der Waals surface area contributed by atoms with Gasteiger partial charge in [-0.15, -0.1) is 0 Å². The quantitative estimate of drug-likeness (QED) is 0.567. The second-order valence-electron chi connectivity index (χ2n) is 7.33. The van der Waals surface area contributed by atoms with Gasteiger partial charge in [-0.2, -0.15) is 0 Å². The van der Waals surface area contributed by atoms with E-state index in [-0.39, 0.29) is 30.5 Å². The molecule has 4 unspecified atom stereocenters. The first kappa shape index (κ1) is 15.3. The summed E-state index contributed by atoms with van der Waals surface area (Å²) in [6.45, 7) is 5.07. The first-order valence-electron chi connectivity index (χ1n) is 7.86. The second-order valence-corrected chi connectivity index (χ2v) is 7.33. The Morgan fingerprint density at radius 2 is 2.05 bits per heavy atom. The SMILES string of the molecule is CCC(C)(C)C(=O)OCC(=O)OC12CC3OC(=O)C(C1)C3C2. The number of esters is 3. The van der Waals surface area contributed by atoms with E-state index in [0.29, 0.717) is 25.7 Å². The molecule has 6 nitrogen and oxygen atoms in total. The monoisotopic (exact) mass is 310 g/mol. The Morgan fingerprint density at radius 1 is 1.32 bits per heavy atom. The van der Waals surface area contributed by atoms with Crippen LogP contribution in [0.5, 0.6) is 0 Å². The molecular formula is C16H22O6. The molecule has 0 spiro atoms. The lowest BCUT2D eigenvalue weighted by molar-refractivity contribution is -0.173. The molecule has 0 aromatic heterocycles. The Hall–Kier alpha value is -1.59. The number of carbonyl (C=O) groups is 3. The molecule has 2 aliphatic carbocycles. The molecule has 0 aromatic rings. The summed E-state index contributed by atoms with van der Waals surface area (Å²) < 4.78 is 15.9. The Labute approximate surface area is 129 Å². The van der Waals surface area contributed by atoms with Gasteiger partial charge >= 0.3 is 17.9 Å². The largest absolute Gasteiger partial charge is 0.462 e. The van der Waals surface area contributed by atoms with E-state index in [2.05, 4.69) is 0 Å². The van der Waals surface area contributed by atoms with Crippen LogP contribution in [0.2, 0.25) is 0 Å². The summed E-state index contributed by atoms with van der Waals surface area (Å²) in [7, 11) is 0. The molecule has 1 heterocycles. The molecule has 0 N–H and O–H groups in total. The van der Waals surface area contributed by atoms with Crippen LogP contribution in [0, 0.1) is 17.3 Å². The van der Waals surface area contributed by atoms with E-state index in [0.717, 1.165) is 0 Å². The number of fused-ring (bicyclic) bond motifs is 1. The molecule has 2 saturated carbocycles. The van der Waals surface area contributed by atoms with Gasteiger partial charge in [0.1, 0.15) is 11.7 Å². The van der Waals surface area contributed by atoms with E-state index in [9.17, 15) is 14.4 Å². The van der Waals surface area contributed by atoms with E-state index < -0.39 is 23.0 Å². The van der Waals surface area contributed by atoms with Crippen LogP contribution >= 0.6 is 0 Å². The molecule has 3 rings (SSSR count). The van der Waals surface area contributed by atoms with Crippen molar-refractivity contribution in [2.24, 2.45) is 17.3 Å². The first-order valence-corrected chi connectivity index (χ1v) is 7.86. The molecule has 4 atom stereocenters. The topological polar surface area (TPSA) is 78.9 Å². The van der Waals surface area contributed by atoms with E-state index in [1.165, 1.54) is 0 Å². The number of ether oxygens (including phenoxy) is 3. The summed E-state index contributed by atoms with van der Waals surface area (Å²) >= 11 is 0. The van der Waals surface area contributed by atoms with E-state index in [4.69, 9.17) is 14.2 Å². The van der Waals surface area contributed by atoms with Crippen molar-refractivity contribution in [3.05, 3.63) is 0 Å². The van der Waals surface area contributed by atoms with Gasteiger partial charge in [0.2, 0.25) is 0 Å². The summed E-state index contributed by atoms with van der Waals surface area (Å²) in [5.74, 6) is -1.06. The minimum absolute atomic E-state index is 0.111. The highest BCUT2D eigenvalue weighted by Gasteiger charge is 2.65. The fourth-order valence-electron chi connectivity index (χ4n) is 3.77. The lowest BCUT2D eigenvalue weighted by Gasteiger charge is -2.27. The average molecular weight is 310 g/mol. The maximum Gasteiger partial charge on any atom is 0.344 e. The van der Waals surface area contributed by atoms with Crippen LogP contribution in [0.3, 0.4) is 0 Å². The average Bonchev–Trinajstić information content (AvgIpc) is 3.03. The second kappa shape index (κ2) is 4.96. The fourth-order valence-corrected chi connectivity index (χ4v) is 3.77. The van der Waals surface area contributed by atoms with Gasteiger partial charge in [0.15, 0.2) is 6.61 Å². The molecule has 1 saturated heterocycles. The molecule has 0 aromatic carbocycles. The van der Waals surface area contributed by atoms with Crippen LogP contribution in [0.1, 0.15) is 46.5 Å². The van der Waals surface area contributed by atoms with Gasteiger partial charge in [-0.05, 0) is 26.7 Å². The van der Waals surface area contributed by atoms with Crippen molar-refractivity contribution in [2.75, 3.05) is 6.61 Å². The third-order valence-electron chi connectivity index (χ3n) is 5.43. The number of rotatable bonds is 5. The summed E-state index contributed by atoms with van der Waals surface area (Å²) in [5, 5.41) is 0. The maximum absolute atomic E-state index is 12.0. The molecule has 1 aliphatic heterocycles. The highest BCUT2D eigenvalue weighted by molar-refractivity contribution is 5.80. The fraction of sp³-hybridized carbons (Fsp3) is 0.812. The zero-order valence-electron chi connectivity index (χ0n) is 13.2. The van der Waals surface area contributed by atoms with E-state index in [1.807, 2.05) is 6.92 Å². The van der Waals surface area contributed by atoms with Crippen molar-refractivity contribution in [3.8, 4) is 0 Å². The predicted molar refractivity (Wildman–Crippen MR) is 74.6 cm³/mol. The molecular weight excluding hydrogens is 288 g/mol. The van der Waals surface area contributed by atoms with Gasteiger partial charge in [0.25, 0.3) is 0 Å². The molecule has 2 bridgehead atoms. The Morgan fingerprint density at radius 3 is 2.64 bits per heavy atom. The molecule has 3 fully saturated rings. The summed E-state index contributed by atoms with van der Waals surface area (Å²) in [6, 6.07) is 0. The zero-order valence-corrected chi connectivity index (χ0v) is 13.2. The highest BCUT2D eigenvalue weighted by atomic mass is 16.6. The van der Waals surface area contributed by atoms with Crippen LogP contribution in [0.4, 0.5) is 0 Å². The van der Waals surface area contributed by atoms with Crippen molar-refractivity contribution in [3.63, 3.8) is 0 Å². The number of hydrogen-bond acceptors (Lipinski definition) is 6. The molecule has 6 heteroatoms. The van der Waals surface area contributed by atoms with Crippen molar-refractivity contribution in [1.29, 1.82) is 0 Å². The summed E-state index contributed by atoms with van der Waals surface area (Å²) in [5.41, 5.74) is -1.21.